The molecule has 0 heterocycles. The molecule has 0 spiro atoms. The largest absolute Gasteiger partial charge is 0.508 e. The van der Waals surface area contributed by atoms with Crippen molar-refractivity contribution < 1.29 is 20.1 Å². The van der Waals surface area contributed by atoms with E-state index in [-0.39, 0.29) is 5.75 Å². The number of rotatable bonds is 4. The zero-order valence-electron chi connectivity index (χ0n) is 9.17. The van der Waals surface area contributed by atoms with Crippen molar-refractivity contribution in [2.75, 3.05) is 0 Å². The first kappa shape index (κ1) is 13.7. The van der Waals surface area contributed by atoms with Gasteiger partial charge in [0, 0.05) is 22.0 Å². The maximum atomic E-state index is 10.4. The maximum Gasteiger partial charge on any atom is 0.327 e. The van der Waals surface area contributed by atoms with Gasteiger partial charge in [-0.2, -0.15) is 0 Å². The molecule has 1 rings (SSSR count). The van der Waals surface area contributed by atoms with Crippen molar-refractivity contribution in [3.63, 3.8) is 0 Å². The van der Waals surface area contributed by atoms with Gasteiger partial charge in [-0.1, -0.05) is 28.9 Å². The molecule has 3 N–H and O–H groups in total. The van der Waals surface area contributed by atoms with Gasteiger partial charge in [0.15, 0.2) is 0 Å². The number of hydrogen-bond donors (Lipinski definition) is 3. The van der Waals surface area contributed by atoms with Gasteiger partial charge in [-0.3, -0.25) is 0 Å². The number of halogens is 1. The predicted molar refractivity (Wildman–Crippen MR) is 66.7 cm³/mol. The highest BCUT2D eigenvalue weighted by molar-refractivity contribution is 9.10. The topological polar surface area (TPSA) is 77.8 Å². The Bertz CT molecular complexity index is 442. The van der Waals surface area contributed by atoms with Crippen LogP contribution in [0.25, 0.3) is 0 Å². The van der Waals surface area contributed by atoms with E-state index in [4.69, 9.17) is 5.11 Å². The summed E-state index contributed by atoms with van der Waals surface area (Å²) in [7, 11) is 0. The third-order valence-electron chi connectivity index (χ3n) is 2.35. The lowest BCUT2D eigenvalue weighted by Gasteiger charge is -2.17. The molecule has 5 heteroatoms. The normalized spacial score (nSPS) is 14.8. The standard InChI is InChI=1S/C12H13BrO4/c1-7(2-5-11(15)16)12(17)9-6-8(13)3-4-10(9)14/h2-7,12,14,17H,1H3,(H,15,16)/b5-2+/t7-,12+/m1/s1. The van der Waals surface area contributed by atoms with E-state index < -0.39 is 18.0 Å². The van der Waals surface area contributed by atoms with Gasteiger partial charge in [-0.25, -0.2) is 4.79 Å². The number of benzene rings is 1. The van der Waals surface area contributed by atoms with Crippen LogP contribution in [0.2, 0.25) is 0 Å². The summed E-state index contributed by atoms with van der Waals surface area (Å²) in [6.07, 6.45) is 1.40. The Morgan fingerprint density at radius 2 is 2.12 bits per heavy atom. The van der Waals surface area contributed by atoms with Gasteiger partial charge in [-0.15, -0.1) is 0 Å². The molecule has 1 aromatic rings. The molecule has 2 atom stereocenters. The van der Waals surface area contributed by atoms with Crippen molar-refractivity contribution >= 4 is 21.9 Å². The van der Waals surface area contributed by atoms with Crippen molar-refractivity contribution in [1.29, 1.82) is 0 Å². The molecule has 0 unspecified atom stereocenters. The van der Waals surface area contributed by atoms with Crippen LogP contribution in [0.4, 0.5) is 0 Å². The zero-order valence-corrected chi connectivity index (χ0v) is 10.8. The van der Waals surface area contributed by atoms with Gasteiger partial charge in [0.05, 0.1) is 6.10 Å². The lowest BCUT2D eigenvalue weighted by molar-refractivity contribution is -0.131. The number of carboxylic acids is 1. The van der Waals surface area contributed by atoms with Crippen LogP contribution in [-0.2, 0) is 4.79 Å². The number of aliphatic hydroxyl groups is 1. The molecular weight excluding hydrogens is 288 g/mol. The van der Waals surface area contributed by atoms with E-state index in [1.165, 1.54) is 12.1 Å². The summed E-state index contributed by atoms with van der Waals surface area (Å²) in [5.41, 5.74) is 0.363. The number of aromatic hydroxyl groups is 1. The van der Waals surface area contributed by atoms with Crippen LogP contribution in [0.3, 0.4) is 0 Å². The molecule has 0 fully saturated rings. The predicted octanol–water partition coefficient (Wildman–Crippen LogP) is 2.47. The van der Waals surface area contributed by atoms with Crippen LogP contribution >= 0.6 is 15.9 Å². The Hall–Kier alpha value is -1.33. The highest BCUT2D eigenvalue weighted by Gasteiger charge is 2.18. The van der Waals surface area contributed by atoms with Crippen molar-refractivity contribution in [2.45, 2.75) is 13.0 Å². The SMILES string of the molecule is C[C@H](/C=C/C(=O)O)[C@H](O)c1cc(Br)ccc1O. The highest BCUT2D eigenvalue weighted by Crippen LogP contribution is 2.32. The average Bonchev–Trinajstić information content (AvgIpc) is 2.28. The van der Waals surface area contributed by atoms with E-state index in [0.29, 0.717) is 5.56 Å². The molecule has 92 valence electrons. The minimum Gasteiger partial charge on any atom is -0.508 e. The third kappa shape index (κ3) is 3.87. The summed E-state index contributed by atoms with van der Waals surface area (Å²) in [5.74, 6) is -1.50. The minimum atomic E-state index is -1.07. The number of hydrogen-bond acceptors (Lipinski definition) is 3. The molecule has 1 aromatic carbocycles. The fourth-order valence-electron chi connectivity index (χ4n) is 1.38. The second-order valence-electron chi connectivity index (χ2n) is 3.70. The zero-order chi connectivity index (χ0) is 13.0. The van der Waals surface area contributed by atoms with Crippen LogP contribution in [0, 0.1) is 5.92 Å². The fraction of sp³-hybridized carbons (Fsp3) is 0.250. The molecule has 0 saturated carbocycles. The van der Waals surface area contributed by atoms with E-state index in [0.717, 1.165) is 10.5 Å². The van der Waals surface area contributed by atoms with E-state index in [1.54, 1.807) is 19.1 Å². The second kappa shape index (κ2) is 5.84. The molecule has 0 aromatic heterocycles. The highest BCUT2D eigenvalue weighted by atomic mass is 79.9. The van der Waals surface area contributed by atoms with Crippen LogP contribution in [-0.4, -0.2) is 21.3 Å². The van der Waals surface area contributed by atoms with Gasteiger partial charge < -0.3 is 15.3 Å². The van der Waals surface area contributed by atoms with E-state index in [2.05, 4.69) is 15.9 Å². The number of phenolic OH excluding ortho intramolecular Hbond substituents is 1. The molecule has 0 aliphatic carbocycles. The monoisotopic (exact) mass is 300 g/mol. The number of aliphatic hydroxyl groups excluding tert-OH is 1. The summed E-state index contributed by atoms with van der Waals surface area (Å²) in [6, 6.07) is 4.73. The Kier molecular flexibility index (Phi) is 4.72. The quantitative estimate of drug-likeness (QED) is 0.747. The Balaban J connectivity index is 2.91. The van der Waals surface area contributed by atoms with Gasteiger partial charge in [-0.05, 0) is 18.2 Å². The average molecular weight is 301 g/mol. The van der Waals surface area contributed by atoms with Gasteiger partial charge in [0.1, 0.15) is 5.75 Å². The van der Waals surface area contributed by atoms with Crippen molar-refractivity contribution in [3.8, 4) is 5.75 Å². The first-order valence-electron chi connectivity index (χ1n) is 4.99. The summed E-state index contributed by atoms with van der Waals surface area (Å²) in [4.78, 5) is 10.4. The summed E-state index contributed by atoms with van der Waals surface area (Å²) in [6.45, 7) is 1.67. The molecule has 17 heavy (non-hydrogen) atoms. The molecule has 4 nitrogen and oxygen atoms in total. The maximum absolute atomic E-state index is 10.4. The Labute approximate surface area is 107 Å². The van der Waals surface area contributed by atoms with E-state index in [9.17, 15) is 15.0 Å². The van der Waals surface area contributed by atoms with Crippen LogP contribution in [0.1, 0.15) is 18.6 Å². The van der Waals surface area contributed by atoms with Gasteiger partial charge in [0.25, 0.3) is 0 Å². The Morgan fingerprint density at radius 3 is 2.71 bits per heavy atom. The summed E-state index contributed by atoms with van der Waals surface area (Å²) < 4.78 is 0.735. The van der Waals surface area contributed by atoms with E-state index in [1.807, 2.05) is 0 Å². The molecule has 0 bridgehead atoms. The van der Waals surface area contributed by atoms with Crippen molar-refractivity contribution in [2.24, 2.45) is 5.92 Å². The van der Waals surface area contributed by atoms with E-state index >= 15 is 0 Å². The first-order chi connectivity index (χ1) is 7.91. The summed E-state index contributed by atoms with van der Waals surface area (Å²) >= 11 is 3.24. The number of aliphatic carboxylic acids is 1. The third-order valence-corrected chi connectivity index (χ3v) is 2.84. The summed E-state index contributed by atoms with van der Waals surface area (Å²) in [5, 5.41) is 28.1. The molecule has 0 aliphatic heterocycles. The second-order valence-corrected chi connectivity index (χ2v) is 4.62. The fourth-order valence-corrected chi connectivity index (χ4v) is 1.76. The smallest absolute Gasteiger partial charge is 0.327 e. The van der Waals surface area contributed by atoms with Crippen LogP contribution in [0.5, 0.6) is 5.75 Å². The molecular formula is C12H13BrO4. The Morgan fingerprint density at radius 1 is 1.47 bits per heavy atom. The number of phenols is 1. The molecule has 0 amide bonds. The molecule has 0 aliphatic rings. The number of carboxylic acid groups (broad SMARTS) is 1. The van der Waals surface area contributed by atoms with Crippen molar-refractivity contribution in [1.82, 2.24) is 0 Å². The molecule has 0 saturated heterocycles. The lowest BCUT2D eigenvalue weighted by Crippen LogP contribution is -2.07. The first-order valence-corrected chi connectivity index (χ1v) is 5.78. The van der Waals surface area contributed by atoms with Crippen molar-refractivity contribution in [3.05, 3.63) is 40.4 Å². The van der Waals surface area contributed by atoms with Crippen LogP contribution < -0.4 is 0 Å². The van der Waals surface area contributed by atoms with Crippen LogP contribution in [0.15, 0.2) is 34.8 Å². The number of carbonyl (C=O) groups is 1. The minimum absolute atomic E-state index is 0.0173. The lowest BCUT2D eigenvalue weighted by atomic mass is 9.96. The van der Waals surface area contributed by atoms with Gasteiger partial charge >= 0.3 is 5.97 Å². The van der Waals surface area contributed by atoms with Gasteiger partial charge in [0.2, 0.25) is 0 Å². The molecule has 0 radical (unpaired) electrons.